The van der Waals surface area contributed by atoms with Crippen LogP contribution in [-0.4, -0.2) is 22.3 Å². The fraction of sp³-hybridized carbons (Fsp3) is 0.273. The van der Waals surface area contributed by atoms with Crippen LogP contribution in [0.1, 0.15) is 36.7 Å². The van der Waals surface area contributed by atoms with E-state index in [-0.39, 0.29) is 12.5 Å². The van der Waals surface area contributed by atoms with Gasteiger partial charge in [0.2, 0.25) is 0 Å². The zero-order chi connectivity index (χ0) is 19.4. The van der Waals surface area contributed by atoms with Crippen molar-refractivity contribution in [3.8, 4) is 11.4 Å². The summed E-state index contributed by atoms with van der Waals surface area (Å²) in [5.41, 5.74) is 4.58. The van der Waals surface area contributed by atoms with E-state index in [9.17, 15) is 4.79 Å². The molecule has 1 N–H and O–H groups in total. The van der Waals surface area contributed by atoms with Crippen molar-refractivity contribution in [2.24, 2.45) is 0 Å². The van der Waals surface area contributed by atoms with Crippen molar-refractivity contribution < 1.29 is 9.53 Å². The lowest BCUT2D eigenvalue weighted by Crippen LogP contribution is -2.21. The molecule has 27 heavy (non-hydrogen) atoms. The van der Waals surface area contributed by atoms with Gasteiger partial charge < -0.3 is 10.1 Å². The van der Waals surface area contributed by atoms with Crippen molar-refractivity contribution in [3.05, 3.63) is 71.5 Å². The third-order valence-electron chi connectivity index (χ3n) is 4.47. The van der Waals surface area contributed by atoms with Crippen LogP contribution in [0.4, 0.5) is 5.69 Å². The van der Waals surface area contributed by atoms with E-state index in [1.54, 1.807) is 0 Å². The number of nitrogens with one attached hydrogen (secondary N) is 1. The van der Waals surface area contributed by atoms with E-state index in [0.717, 1.165) is 22.8 Å². The lowest BCUT2D eigenvalue weighted by Gasteiger charge is -2.10. The van der Waals surface area contributed by atoms with Crippen molar-refractivity contribution in [3.63, 3.8) is 0 Å². The first-order chi connectivity index (χ1) is 13.0. The van der Waals surface area contributed by atoms with E-state index < -0.39 is 0 Å². The molecule has 0 aliphatic heterocycles. The SMILES string of the molecule is Cc1nn(-c2ccccc2)c(C)c1NC(=O)COc1ccc(C(C)C)cc1. The molecule has 0 saturated heterocycles. The van der Waals surface area contributed by atoms with E-state index in [4.69, 9.17) is 4.74 Å². The van der Waals surface area contributed by atoms with Gasteiger partial charge in [0.05, 0.1) is 22.8 Å². The lowest BCUT2D eigenvalue weighted by atomic mass is 10.0. The molecule has 5 nitrogen and oxygen atoms in total. The van der Waals surface area contributed by atoms with Gasteiger partial charge in [-0.1, -0.05) is 44.2 Å². The summed E-state index contributed by atoms with van der Waals surface area (Å²) in [6.45, 7) is 8.06. The first-order valence-electron chi connectivity index (χ1n) is 9.10. The summed E-state index contributed by atoms with van der Waals surface area (Å²) in [6.07, 6.45) is 0. The van der Waals surface area contributed by atoms with Crippen molar-refractivity contribution in [2.75, 3.05) is 11.9 Å². The van der Waals surface area contributed by atoms with Crippen LogP contribution >= 0.6 is 0 Å². The summed E-state index contributed by atoms with van der Waals surface area (Å²) in [5.74, 6) is 0.944. The molecule has 1 heterocycles. The maximum absolute atomic E-state index is 12.3. The third kappa shape index (κ3) is 4.37. The molecule has 2 aromatic carbocycles. The van der Waals surface area contributed by atoms with Gasteiger partial charge in [-0.05, 0) is 49.6 Å². The Morgan fingerprint density at radius 1 is 1.07 bits per heavy atom. The molecule has 3 aromatic rings. The summed E-state index contributed by atoms with van der Waals surface area (Å²) in [4.78, 5) is 12.3. The summed E-state index contributed by atoms with van der Waals surface area (Å²) in [6, 6.07) is 17.7. The number of aromatic nitrogens is 2. The second-order valence-corrected chi connectivity index (χ2v) is 6.85. The number of anilines is 1. The molecule has 0 unspecified atom stereocenters. The number of para-hydroxylation sites is 1. The Kier molecular flexibility index (Phi) is 5.60. The summed E-state index contributed by atoms with van der Waals surface area (Å²) in [7, 11) is 0. The van der Waals surface area contributed by atoms with Gasteiger partial charge in [-0.15, -0.1) is 0 Å². The first-order valence-corrected chi connectivity index (χ1v) is 9.10. The van der Waals surface area contributed by atoms with Crippen molar-refractivity contribution in [2.45, 2.75) is 33.6 Å². The van der Waals surface area contributed by atoms with Gasteiger partial charge in [0.1, 0.15) is 5.75 Å². The molecule has 0 radical (unpaired) electrons. The molecule has 0 saturated carbocycles. The van der Waals surface area contributed by atoms with Crippen LogP contribution in [0.2, 0.25) is 0 Å². The van der Waals surface area contributed by atoms with Crippen LogP contribution in [-0.2, 0) is 4.79 Å². The van der Waals surface area contributed by atoms with Gasteiger partial charge in [0.15, 0.2) is 6.61 Å². The number of carbonyl (C=O) groups excluding carboxylic acids is 1. The van der Waals surface area contributed by atoms with Crippen molar-refractivity contribution in [1.29, 1.82) is 0 Å². The second-order valence-electron chi connectivity index (χ2n) is 6.85. The number of hydrogen-bond donors (Lipinski definition) is 1. The van der Waals surface area contributed by atoms with E-state index >= 15 is 0 Å². The largest absolute Gasteiger partial charge is 0.484 e. The Hall–Kier alpha value is -3.08. The number of amides is 1. The topological polar surface area (TPSA) is 56.2 Å². The van der Waals surface area contributed by atoms with Crippen molar-refractivity contribution >= 4 is 11.6 Å². The highest BCUT2D eigenvalue weighted by Gasteiger charge is 2.15. The molecule has 0 aliphatic rings. The van der Waals surface area contributed by atoms with Gasteiger partial charge in [-0.25, -0.2) is 4.68 Å². The number of hydrogen-bond acceptors (Lipinski definition) is 3. The zero-order valence-electron chi connectivity index (χ0n) is 16.2. The molecule has 3 rings (SSSR count). The summed E-state index contributed by atoms with van der Waals surface area (Å²) in [5, 5.41) is 7.46. The maximum atomic E-state index is 12.3. The number of aryl methyl sites for hydroxylation is 1. The molecule has 5 heteroatoms. The molecule has 0 spiro atoms. The minimum atomic E-state index is -0.207. The molecule has 140 valence electrons. The zero-order valence-corrected chi connectivity index (χ0v) is 16.2. The van der Waals surface area contributed by atoms with Gasteiger partial charge >= 0.3 is 0 Å². The second kappa shape index (κ2) is 8.08. The average Bonchev–Trinajstić information content (AvgIpc) is 2.95. The third-order valence-corrected chi connectivity index (χ3v) is 4.47. The van der Waals surface area contributed by atoms with Crippen LogP contribution in [0.3, 0.4) is 0 Å². The van der Waals surface area contributed by atoms with Crippen LogP contribution in [0.25, 0.3) is 5.69 Å². The normalized spacial score (nSPS) is 10.9. The Balaban J connectivity index is 1.65. The highest BCUT2D eigenvalue weighted by molar-refractivity contribution is 5.93. The Bertz CT molecular complexity index is 913. The van der Waals surface area contributed by atoms with Crippen molar-refractivity contribution in [1.82, 2.24) is 9.78 Å². The standard InChI is InChI=1S/C22H25N3O2/c1-15(2)18-10-12-20(13-11-18)27-14-21(26)23-22-16(3)24-25(17(22)4)19-8-6-5-7-9-19/h5-13,15H,14H2,1-4H3,(H,23,26). The minimum Gasteiger partial charge on any atom is -0.484 e. The Labute approximate surface area is 160 Å². The number of nitrogens with zero attached hydrogens (tertiary/aromatic N) is 2. The van der Waals surface area contributed by atoms with Gasteiger partial charge in [-0.3, -0.25) is 4.79 Å². The first kappa shape index (κ1) is 18.7. The minimum absolute atomic E-state index is 0.0452. The van der Waals surface area contributed by atoms with E-state index in [1.807, 2.05) is 73.1 Å². The fourth-order valence-corrected chi connectivity index (χ4v) is 2.92. The van der Waals surface area contributed by atoms with Crippen LogP contribution in [0.15, 0.2) is 54.6 Å². The quantitative estimate of drug-likeness (QED) is 0.695. The van der Waals surface area contributed by atoms with Crippen LogP contribution in [0.5, 0.6) is 5.75 Å². The molecule has 0 fully saturated rings. The Morgan fingerprint density at radius 2 is 1.74 bits per heavy atom. The van der Waals surface area contributed by atoms with Crippen LogP contribution in [0, 0.1) is 13.8 Å². The van der Waals surface area contributed by atoms with E-state index in [2.05, 4.69) is 24.3 Å². The predicted octanol–water partition coefficient (Wildman–Crippen LogP) is 4.63. The summed E-state index contributed by atoms with van der Waals surface area (Å²) < 4.78 is 7.44. The molecule has 1 amide bonds. The van der Waals surface area contributed by atoms with Gasteiger partial charge in [0.25, 0.3) is 5.91 Å². The number of carbonyl (C=O) groups is 1. The fourth-order valence-electron chi connectivity index (χ4n) is 2.92. The Morgan fingerprint density at radius 3 is 2.37 bits per heavy atom. The monoisotopic (exact) mass is 363 g/mol. The van der Waals surface area contributed by atoms with Gasteiger partial charge in [0, 0.05) is 0 Å². The molecule has 0 aliphatic carbocycles. The number of ether oxygens (including phenoxy) is 1. The molecule has 0 bridgehead atoms. The average molecular weight is 363 g/mol. The van der Waals surface area contributed by atoms with Crippen LogP contribution < -0.4 is 10.1 Å². The predicted molar refractivity (Wildman–Crippen MR) is 108 cm³/mol. The maximum Gasteiger partial charge on any atom is 0.262 e. The van der Waals surface area contributed by atoms with Gasteiger partial charge in [-0.2, -0.15) is 5.10 Å². The van der Waals surface area contributed by atoms with E-state index in [1.165, 1.54) is 5.56 Å². The molecule has 1 aromatic heterocycles. The molecular weight excluding hydrogens is 338 g/mol. The molecular formula is C22H25N3O2. The smallest absolute Gasteiger partial charge is 0.262 e. The number of rotatable bonds is 6. The lowest BCUT2D eigenvalue weighted by molar-refractivity contribution is -0.118. The highest BCUT2D eigenvalue weighted by Crippen LogP contribution is 2.23. The highest BCUT2D eigenvalue weighted by atomic mass is 16.5. The number of benzene rings is 2. The molecule has 0 atom stereocenters. The van der Waals surface area contributed by atoms with E-state index in [0.29, 0.717) is 11.7 Å². The summed E-state index contributed by atoms with van der Waals surface area (Å²) >= 11 is 0.